The van der Waals surface area contributed by atoms with Gasteiger partial charge in [-0.05, 0) is 42.1 Å². The van der Waals surface area contributed by atoms with Crippen molar-refractivity contribution in [2.24, 2.45) is 12.8 Å². The maximum Gasteiger partial charge on any atom is 0.265 e. The van der Waals surface area contributed by atoms with E-state index in [9.17, 15) is 4.79 Å². The van der Waals surface area contributed by atoms with Crippen LogP contribution in [0.1, 0.15) is 15.2 Å². The van der Waals surface area contributed by atoms with Crippen molar-refractivity contribution in [3.05, 3.63) is 51.3 Å². The van der Waals surface area contributed by atoms with Crippen molar-refractivity contribution >= 4 is 34.5 Å². The number of carbonyl (C=O) groups excluding carboxylic acids is 1. The Morgan fingerprint density at radius 3 is 2.85 bits per heavy atom. The molecular formula is C18H19ClN4O2S. The van der Waals surface area contributed by atoms with Gasteiger partial charge in [0.05, 0.1) is 21.8 Å². The molecule has 0 aliphatic heterocycles. The van der Waals surface area contributed by atoms with Gasteiger partial charge < -0.3 is 15.8 Å². The van der Waals surface area contributed by atoms with Crippen LogP contribution in [-0.4, -0.2) is 28.8 Å². The number of nitrogens with zero attached hydrogens (tertiary/aromatic N) is 2. The third-order valence-corrected chi connectivity index (χ3v) is 5.12. The number of hydrogen-bond donors (Lipinski definition) is 2. The summed E-state index contributed by atoms with van der Waals surface area (Å²) in [5, 5.41) is 9.50. The summed E-state index contributed by atoms with van der Waals surface area (Å²) >= 11 is 7.71. The van der Waals surface area contributed by atoms with E-state index in [4.69, 9.17) is 22.1 Å². The van der Waals surface area contributed by atoms with E-state index >= 15 is 0 Å². The SMILES string of the molecule is Cc1ccsc1C(=O)Nc1ccc(OCCN)c(-c2c(Cl)cnn2C)c1. The van der Waals surface area contributed by atoms with E-state index in [-0.39, 0.29) is 5.91 Å². The van der Waals surface area contributed by atoms with E-state index in [0.717, 1.165) is 11.1 Å². The van der Waals surface area contributed by atoms with Gasteiger partial charge >= 0.3 is 0 Å². The molecule has 0 atom stereocenters. The Morgan fingerprint density at radius 1 is 1.42 bits per heavy atom. The quantitative estimate of drug-likeness (QED) is 0.672. The normalized spacial score (nSPS) is 10.8. The second-order valence-corrected chi connectivity index (χ2v) is 7.02. The Hall–Kier alpha value is -2.35. The van der Waals surface area contributed by atoms with Crippen LogP contribution in [0.3, 0.4) is 0 Å². The number of amides is 1. The monoisotopic (exact) mass is 390 g/mol. The third-order valence-electron chi connectivity index (χ3n) is 3.83. The summed E-state index contributed by atoms with van der Waals surface area (Å²) in [5.74, 6) is 0.487. The molecule has 0 fully saturated rings. The fourth-order valence-corrected chi connectivity index (χ4v) is 3.68. The second-order valence-electron chi connectivity index (χ2n) is 5.70. The fraction of sp³-hybridized carbons (Fsp3) is 0.222. The average molecular weight is 391 g/mol. The Balaban J connectivity index is 1.97. The van der Waals surface area contributed by atoms with E-state index in [1.807, 2.05) is 24.4 Å². The lowest BCUT2D eigenvalue weighted by Crippen LogP contribution is -2.13. The van der Waals surface area contributed by atoms with Crippen LogP contribution in [-0.2, 0) is 7.05 Å². The molecule has 26 heavy (non-hydrogen) atoms. The van der Waals surface area contributed by atoms with E-state index in [1.54, 1.807) is 30.1 Å². The minimum absolute atomic E-state index is 0.143. The molecule has 0 saturated heterocycles. The lowest BCUT2D eigenvalue weighted by Gasteiger charge is -2.14. The summed E-state index contributed by atoms with van der Waals surface area (Å²) in [6, 6.07) is 7.34. The first kappa shape index (κ1) is 18.4. The van der Waals surface area contributed by atoms with E-state index in [2.05, 4.69) is 10.4 Å². The minimum Gasteiger partial charge on any atom is -0.492 e. The number of nitrogens with two attached hydrogens (primary N) is 1. The summed E-state index contributed by atoms with van der Waals surface area (Å²) in [5.41, 5.74) is 8.59. The highest BCUT2D eigenvalue weighted by molar-refractivity contribution is 7.12. The summed E-state index contributed by atoms with van der Waals surface area (Å²) in [6.07, 6.45) is 1.57. The molecule has 1 aromatic carbocycles. The maximum absolute atomic E-state index is 12.5. The number of anilines is 1. The summed E-state index contributed by atoms with van der Waals surface area (Å²) in [6.45, 7) is 2.69. The van der Waals surface area contributed by atoms with Gasteiger partial charge in [0, 0.05) is 24.8 Å². The second kappa shape index (κ2) is 7.90. The van der Waals surface area contributed by atoms with Crippen molar-refractivity contribution in [3.63, 3.8) is 0 Å². The highest BCUT2D eigenvalue weighted by Gasteiger charge is 2.17. The largest absolute Gasteiger partial charge is 0.492 e. The zero-order valence-electron chi connectivity index (χ0n) is 14.5. The van der Waals surface area contributed by atoms with E-state index in [1.165, 1.54) is 11.3 Å². The highest BCUT2D eigenvalue weighted by Crippen LogP contribution is 2.36. The first-order chi connectivity index (χ1) is 12.5. The van der Waals surface area contributed by atoms with Crippen molar-refractivity contribution < 1.29 is 9.53 Å². The van der Waals surface area contributed by atoms with Gasteiger partial charge in [0.1, 0.15) is 12.4 Å². The van der Waals surface area contributed by atoms with Crippen LogP contribution in [0.2, 0.25) is 5.02 Å². The zero-order valence-corrected chi connectivity index (χ0v) is 16.0. The Labute approximate surface area is 160 Å². The Kier molecular flexibility index (Phi) is 5.61. The molecule has 6 nitrogen and oxygen atoms in total. The minimum atomic E-state index is -0.143. The molecule has 0 bridgehead atoms. The molecule has 1 amide bonds. The van der Waals surface area contributed by atoms with Gasteiger partial charge in [0.2, 0.25) is 0 Å². The average Bonchev–Trinajstić information content (AvgIpc) is 3.19. The van der Waals surface area contributed by atoms with Crippen molar-refractivity contribution in [2.75, 3.05) is 18.5 Å². The topological polar surface area (TPSA) is 82.2 Å². The molecule has 2 heterocycles. The van der Waals surface area contributed by atoms with Crippen LogP contribution in [0.15, 0.2) is 35.8 Å². The van der Waals surface area contributed by atoms with Crippen molar-refractivity contribution in [2.45, 2.75) is 6.92 Å². The van der Waals surface area contributed by atoms with Crippen molar-refractivity contribution in [1.82, 2.24) is 9.78 Å². The van der Waals surface area contributed by atoms with Crippen LogP contribution < -0.4 is 15.8 Å². The maximum atomic E-state index is 12.5. The van der Waals surface area contributed by atoms with Gasteiger partial charge in [0.15, 0.2) is 0 Å². The smallest absolute Gasteiger partial charge is 0.265 e. The molecule has 0 saturated carbocycles. The Morgan fingerprint density at radius 2 is 2.23 bits per heavy atom. The molecule has 0 aliphatic carbocycles. The molecule has 3 rings (SSSR count). The number of nitrogens with one attached hydrogen (secondary N) is 1. The van der Waals surface area contributed by atoms with Gasteiger partial charge in [0.25, 0.3) is 5.91 Å². The first-order valence-electron chi connectivity index (χ1n) is 8.01. The number of aromatic nitrogens is 2. The highest BCUT2D eigenvalue weighted by atomic mass is 35.5. The van der Waals surface area contributed by atoms with E-state index < -0.39 is 0 Å². The number of benzene rings is 1. The van der Waals surface area contributed by atoms with Crippen molar-refractivity contribution in [1.29, 1.82) is 0 Å². The summed E-state index contributed by atoms with van der Waals surface area (Å²) in [4.78, 5) is 13.2. The molecule has 0 spiro atoms. The number of halogens is 1. The molecule has 0 aliphatic rings. The van der Waals surface area contributed by atoms with Crippen LogP contribution in [0, 0.1) is 6.92 Å². The number of ether oxygens (including phenoxy) is 1. The van der Waals surface area contributed by atoms with Gasteiger partial charge in [-0.2, -0.15) is 5.10 Å². The number of hydrogen-bond acceptors (Lipinski definition) is 5. The van der Waals surface area contributed by atoms with Gasteiger partial charge in [-0.15, -0.1) is 11.3 Å². The third kappa shape index (κ3) is 3.75. The number of carbonyl (C=O) groups is 1. The van der Waals surface area contributed by atoms with Gasteiger partial charge in [-0.1, -0.05) is 11.6 Å². The number of thiophene rings is 1. The number of rotatable bonds is 6. The number of aryl methyl sites for hydroxylation is 2. The van der Waals surface area contributed by atoms with Gasteiger partial charge in [-0.25, -0.2) is 0 Å². The molecule has 3 N–H and O–H groups in total. The van der Waals surface area contributed by atoms with Crippen LogP contribution >= 0.6 is 22.9 Å². The fourth-order valence-electron chi connectivity index (χ4n) is 2.59. The molecule has 0 radical (unpaired) electrons. The molecule has 0 unspecified atom stereocenters. The molecule has 3 aromatic rings. The molecule has 8 heteroatoms. The molecule has 2 aromatic heterocycles. The van der Waals surface area contributed by atoms with Crippen molar-refractivity contribution in [3.8, 4) is 17.0 Å². The molecular weight excluding hydrogens is 372 g/mol. The first-order valence-corrected chi connectivity index (χ1v) is 9.27. The van der Waals surface area contributed by atoms with Crippen LogP contribution in [0.5, 0.6) is 5.75 Å². The zero-order chi connectivity index (χ0) is 18.7. The lowest BCUT2D eigenvalue weighted by atomic mass is 10.1. The predicted molar refractivity (Wildman–Crippen MR) is 105 cm³/mol. The standard InChI is InChI=1S/C18H19ClN4O2S/c1-11-5-8-26-17(11)18(24)22-12-3-4-15(25-7-6-20)13(9-12)16-14(19)10-21-23(16)2/h3-5,8-10H,6-7,20H2,1-2H3,(H,22,24). The Bertz CT molecular complexity index is 916. The molecule has 136 valence electrons. The predicted octanol–water partition coefficient (Wildman–Crippen LogP) is 3.70. The van der Waals surface area contributed by atoms with E-state index in [0.29, 0.717) is 40.2 Å². The van der Waals surface area contributed by atoms with Crippen LogP contribution in [0.4, 0.5) is 5.69 Å². The summed E-state index contributed by atoms with van der Waals surface area (Å²) < 4.78 is 7.40. The lowest BCUT2D eigenvalue weighted by molar-refractivity contribution is 0.103. The van der Waals surface area contributed by atoms with Crippen LogP contribution in [0.25, 0.3) is 11.3 Å². The van der Waals surface area contributed by atoms with Gasteiger partial charge in [-0.3, -0.25) is 9.48 Å². The summed E-state index contributed by atoms with van der Waals surface area (Å²) in [7, 11) is 1.80.